The average molecular weight is 372 g/mol. The van der Waals surface area contributed by atoms with E-state index in [1.807, 2.05) is 13.0 Å². The van der Waals surface area contributed by atoms with E-state index in [2.05, 4.69) is 25.4 Å². The highest BCUT2D eigenvalue weighted by Crippen LogP contribution is 2.27. The highest BCUT2D eigenvalue weighted by Gasteiger charge is 2.23. The fourth-order valence-corrected chi connectivity index (χ4v) is 3.82. The van der Waals surface area contributed by atoms with Gasteiger partial charge in [0.2, 0.25) is 0 Å². The van der Waals surface area contributed by atoms with Crippen LogP contribution >= 0.6 is 11.3 Å². The van der Waals surface area contributed by atoms with E-state index in [0.717, 1.165) is 11.4 Å². The molecule has 0 saturated carbocycles. The van der Waals surface area contributed by atoms with Crippen LogP contribution in [0, 0.1) is 12.7 Å². The van der Waals surface area contributed by atoms with Gasteiger partial charge in [-0.05, 0) is 36.8 Å². The van der Waals surface area contributed by atoms with Crippen molar-refractivity contribution >= 4 is 38.5 Å². The van der Waals surface area contributed by atoms with E-state index in [-0.39, 0.29) is 11.8 Å². The Morgan fingerprint density at radius 1 is 1.23 bits per heavy atom. The first kappa shape index (κ1) is 16.6. The summed E-state index contributed by atoms with van der Waals surface area (Å²) in [5.74, 6) is 0.551. The molecule has 1 N–H and O–H groups in total. The van der Waals surface area contributed by atoms with E-state index >= 15 is 0 Å². The van der Waals surface area contributed by atoms with Crippen LogP contribution in [0.15, 0.2) is 30.5 Å². The number of benzene rings is 1. The maximum absolute atomic E-state index is 13.3. The van der Waals surface area contributed by atoms with E-state index in [1.54, 1.807) is 17.2 Å². The van der Waals surface area contributed by atoms with Crippen molar-refractivity contribution in [3.8, 4) is 0 Å². The van der Waals surface area contributed by atoms with Gasteiger partial charge in [0, 0.05) is 26.2 Å². The number of anilines is 2. The number of carbonyl (C=O) groups excluding carboxylic acids is 1. The predicted octanol–water partition coefficient (Wildman–Crippen LogP) is 2.89. The Balaban J connectivity index is 1.39. The third-order valence-corrected chi connectivity index (χ3v) is 5.26. The first-order valence-corrected chi connectivity index (χ1v) is 9.07. The number of thiazole rings is 1. The number of rotatable bonds is 2. The van der Waals surface area contributed by atoms with Gasteiger partial charge in [0.05, 0.1) is 16.4 Å². The molecular formula is C17H17FN6OS. The molecule has 1 fully saturated rings. The summed E-state index contributed by atoms with van der Waals surface area (Å²) < 4.78 is 14.0. The van der Waals surface area contributed by atoms with E-state index in [1.165, 1.54) is 23.5 Å². The van der Waals surface area contributed by atoms with Crippen molar-refractivity contribution < 1.29 is 9.18 Å². The van der Waals surface area contributed by atoms with Crippen molar-refractivity contribution in [3.63, 3.8) is 0 Å². The summed E-state index contributed by atoms with van der Waals surface area (Å²) in [5.41, 5.74) is 1.74. The molecular weight excluding hydrogens is 355 g/mol. The molecule has 9 heteroatoms. The monoisotopic (exact) mass is 372 g/mol. The van der Waals surface area contributed by atoms with Gasteiger partial charge < -0.3 is 9.80 Å². The second-order valence-corrected chi connectivity index (χ2v) is 7.10. The average Bonchev–Trinajstić information content (AvgIpc) is 3.03. The molecule has 0 bridgehead atoms. The number of halogens is 1. The molecule has 2 aromatic heterocycles. The van der Waals surface area contributed by atoms with Crippen LogP contribution < -0.4 is 10.2 Å². The Morgan fingerprint density at radius 2 is 2.04 bits per heavy atom. The number of nitrogens with zero attached hydrogens (tertiary/aromatic N) is 5. The summed E-state index contributed by atoms with van der Waals surface area (Å²) in [4.78, 5) is 20.7. The highest BCUT2D eigenvalue weighted by molar-refractivity contribution is 7.22. The van der Waals surface area contributed by atoms with Crippen LogP contribution in [-0.2, 0) is 0 Å². The summed E-state index contributed by atoms with van der Waals surface area (Å²) >= 11 is 1.26. The zero-order valence-corrected chi connectivity index (χ0v) is 15.0. The minimum atomic E-state index is -0.311. The van der Waals surface area contributed by atoms with Crippen LogP contribution in [0.25, 0.3) is 10.2 Å². The van der Waals surface area contributed by atoms with Crippen LogP contribution in [0.1, 0.15) is 5.56 Å². The first-order chi connectivity index (χ1) is 12.6. The number of fused-ring (bicyclic) bond motifs is 1. The van der Waals surface area contributed by atoms with E-state index in [0.29, 0.717) is 41.5 Å². The summed E-state index contributed by atoms with van der Waals surface area (Å²) in [6, 6.07) is 6.13. The number of hydrogen-bond donors (Lipinski definition) is 1. The Kier molecular flexibility index (Phi) is 4.37. The van der Waals surface area contributed by atoms with Gasteiger partial charge >= 0.3 is 6.03 Å². The molecule has 0 aliphatic carbocycles. The molecule has 4 rings (SSSR count). The number of carbonyl (C=O) groups is 1. The molecule has 3 heterocycles. The number of piperazine rings is 1. The van der Waals surface area contributed by atoms with Gasteiger partial charge in [0.1, 0.15) is 5.82 Å². The quantitative estimate of drug-likeness (QED) is 0.749. The van der Waals surface area contributed by atoms with Gasteiger partial charge in [-0.25, -0.2) is 14.2 Å². The molecule has 1 aromatic carbocycles. The molecule has 26 heavy (non-hydrogen) atoms. The largest absolute Gasteiger partial charge is 0.351 e. The van der Waals surface area contributed by atoms with Crippen molar-refractivity contribution in [1.29, 1.82) is 0 Å². The topological polar surface area (TPSA) is 74.2 Å². The van der Waals surface area contributed by atoms with Crippen LogP contribution in [0.5, 0.6) is 0 Å². The number of aryl methyl sites for hydroxylation is 1. The molecule has 1 aliphatic rings. The third-order valence-electron chi connectivity index (χ3n) is 4.33. The van der Waals surface area contributed by atoms with Crippen LogP contribution in [0.3, 0.4) is 0 Å². The summed E-state index contributed by atoms with van der Waals surface area (Å²) in [6.07, 6.45) is 1.67. The second-order valence-electron chi connectivity index (χ2n) is 6.07. The molecule has 2 amide bonds. The smallest absolute Gasteiger partial charge is 0.323 e. The van der Waals surface area contributed by atoms with Crippen LogP contribution in [0.2, 0.25) is 0 Å². The van der Waals surface area contributed by atoms with Crippen LogP contribution in [-0.4, -0.2) is 52.3 Å². The molecule has 3 aromatic rings. The SMILES string of the molecule is Cc1ccnnc1N1CCN(C(=O)Nc2nc3ccc(F)cc3s2)CC1. The summed E-state index contributed by atoms with van der Waals surface area (Å²) in [6.45, 7) is 4.55. The lowest BCUT2D eigenvalue weighted by Gasteiger charge is -2.35. The van der Waals surface area contributed by atoms with Crippen molar-refractivity contribution in [2.24, 2.45) is 0 Å². The normalized spacial score (nSPS) is 14.7. The van der Waals surface area contributed by atoms with Crippen LogP contribution in [0.4, 0.5) is 20.1 Å². The maximum Gasteiger partial charge on any atom is 0.323 e. The fourth-order valence-electron chi connectivity index (χ4n) is 2.94. The van der Waals surface area contributed by atoms with Gasteiger partial charge in [-0.3, -0.25) is 5.32 Å². The molecule has 0 atom stereocenters. The van der Waals surface area contributed by atoms with E-state index in [9.17, 15) is 9.18 Å². The van der Waals surface area contributed by atoms with Crippen molar-refractivity contribution in [3.05, 3.63) is 41.8 Å². The molecule has 0 radical (unpaired) electrons. The van der Waals surface area contributed by atoms with E-state index < -0.39 is 0 Å². The number of hydrogen-bond acceptors (Lipinski definition) is 6. The van der Waals surface area contributed by atoms with E-state index in [4.69, 9.17) is 0 Å². The Morgan fingerprint density at radius 3 is 2.81 bits per heavy atom. The van der Waals surface area contributed by atoms with Gasteiger partial charge in [-0.15, -0.1) is 5.10 Å². The molecule has 0 spiro atoms. The molecule has 0 unspecified atom stereocenters. The number of aromatic nitrogens is 3. The minimum absolute atomic E-state index is 0.194. The lowest BCUT2D eigenvalue weighted by molar-refractivity contribution is 0.208. The fraction of sp³-hybridized carbons (Fsp3) is 0.294. The highest BCUT2D eigenvalue weighted by atomic mass is 32.1. The molecule has 7 nitrogen and oxygen atoms in total. The predicted molar refractivity (Wildman–Crippen MR) is 99.2 cm³/mol. The third kappa shape index (κ3) is 3.30. The Bertz CT molecular complexity index is 953. The Labute approximate surface area is 153 Å². The summed E-state index contributed by atoms with van der Waals surface area (Å²) in [7, 11) is 0. The van der Waals surface area contributed by atoms with Gasteiger partial charge in [-0.1, -0.05) is 11.3 Å². The maximum atomic E-state index is 13.3. The zero-order chi connectivity index (χ0) is 18.1. The zero-order valence-electron chi connectivity index (χ0n) is 14.1. The standard InChI is InChI=1S/C17H17FN6OS/c1-11-4-5-19-22-15(11)23-6-8-24(9-7-23)17(25)21-16-20-13-3-2-12(18)10-14(13)26-16/h2-5,10H,6-9H2,1H3,(H,20,21,25). The van der Waals surface area contributed by atoms with Crippen molar-refractivity contribution in [1.82, 2.24) is 20.1 Å². The molecule has 1 aliphatic heterocycles. The lowest BCUT2D eigenvalue weighted by Crippen LogP contribution is -2.50. The number of nitrogens with one attached hydrogen (secondary N) is 1. The molecule has 1 saturated heterocycles. The lowest BCUT2D eigenvalue weighted by atomic mass is 10.2. The number of urea groups is 1. The summed E-state index contributed by atoms with van der Waals surface area (Å²) in [5, 5.41) is 11.4. The van der Waals surface area contributed by atoms with Crippen molar-refractivity contribution in [2.45, 2.75) is 6.92 Å². The van der Waals surface area contributed by atoms with Crippen molar-refractivity contribution in [2.75, 3.05) is 36.4 Å². The van der Waals surface area contributed by atoms with Gasteiger partial charge in [0.15, 0.2) is 10.9 Å². The van der Waals surface area contributed by atoms with Gasteiger partial charge in [0.25, 0.3) is 0 Å². The second kappa shape index (κ2) is 6.83. The Hall–Kier alpha value is -2.81. The molecule has 134 valence electrons. The first-order valence-electron chi connectivity index (χ1n) is 8.25. The minimum Gasteiger partial charge on any atom is -0.351 e. The van der Waals surface area contributed by atoms with Gasteiger partial charge in [-0.2, -0.15) is 5.10 Å². The number of amides is 2.